The van der Waals surface area contributed by atoms with Crippen LogP contribution >= 0.6 is 0 Å². The number of hydrogen-bond acceptors (Lipinski definition) is 2. The molecule has 2 atom stereocenters. The molecule has 0 saturated carbocycles. The summed E-state index contributed by atoms with van der Waals surface area (Å²) in [6.45, 7) is -9.74. The third-order valence-electron chi connectivity index (χ3n) is 2.53. The molecule has 112 valence electrons. The van der Waals surface area contributed by atoms with Gasteiger partial charge in [-0.3, -0.25) is 4.90 Å². The summed E-state index contributed by atoms with van der Waals surface area (Å²) >= 11 is 0. The molecule has 0 N–H and O–H groups in total. The summed E-state index contributed by atoms with van der Waals surface area (Å²) in [6, 6.07) is -2.82. The number of halogens is 1. The first-order valence-electron chi connectivity index (χ1n) is 13.0. The molecule has 3 heteroatoms. The van der Waals surface area contributed by atoms with E-state index in [-0.39, 0.29) is 0 Å². The SMILES string of the molecule is [2H]c1c([2H])c(C(C)(C)C)c(F)c(C([2H])([2H])N2C([2H])([2H])C([2H])(C)OC([2H])(C([2H])([2H])[2H])C2([2H])[2H])c1[2H]. The molecule has 0 radical (unpaired) electrons. The number of morpholine rings is 1. The van der Waals surface area contributed by atoms with E-state index in [1.807, 2.05) is 0 Å². The van der Waals surface area contributed by atoms with Crippen LogP contribution in [-0.4, -0.2) is 30.1 Å². The summed E-state index contributed by atoms with van der Waals surface area (Å²) < 4.78 is 135. The van der Waals surface area contributed by atoms with Crippen molar-refractivity contribution in [3.63, 3.8) is 0 Å². The number of rotatable bonds is 2. The quantitative estimate of drug-likeness (QED) is 0.824. The number of ether oxygens (including phenoxy) is 1. The lowest BCUT2D eigenvalue weighted by Gasteiger charge is -2.35. The maximum absolute atomic E-state index is 15.8. The van der Waals surface area contributed by atoms with Crippen molar-refractivity contribution in [3.05, 3.63) is 35.1 Å². The molecule has 1 fully saturated rings. The summed E-state index contributed by atoms with van der Waals surface area (Å²) in [5, 5.41) is 0. The molecule has 0 aromatic heterocycles. The molecule has 2 rings (SSSR count). The van der Waals surface area contributed by atoms with E-state index >= 15 is 4.39 Å². The standard InChI is InChI=1S/C17H26FNO/c1-12-9-19(10-13(2)20-12)11-14-7-6-8-15(16(14)18)17(3,4)5/h6-8,12-13H,9-11H2,1-5H3/i1D3,6D,7D,8D,9D2,10D2,11D2,12D,13D. The van der Waals surface area contributed by atoms with Gasteiger partial charge in [-0.15, -0.1) is 0 Å². The Morgan fingerprint density at radius 2 is 2.25 bits per heavy atom. The van der Waals surface area contributed by atoms with E-state index in [1.165, 1.54) is 20.8 Å². The highest BCUT2D eigenvalue weighted by atomic mass is 19.1. The van der Waals surface area contributed by atoms with Crippen molar-refractivity contribution >= 4 is 0 Å². The molecule has 0 amide bonds. The molecule has 2 unspecified atom stereocenters. The summed E-state index contributed by atoms with van der Waals surface area (Å²) in [4.78, 5) is -0.422. The normalized spacial score (nSPS) is 48.9. The van der Waals surface area contributed by atoms with E-state index < -0.39 is 83.9 Å². The molecule has 1 aliphatic heterocycles. The van der Waals surface area contributed by atoms with Gasteiger partial charge in [-0.2, -0.15) is 0 Å². The molecule has 2 nitrogen and oxygen atoms in total. The maximum atomic E-state index is 15.8. The number of hydrogen-bond donors (Lipinski definition) is 0. The van der Waals surface area contributed by atoms with Gasteiger partial charge in [0.05, 0.1) is 19.0 Å². The van der Waals surface area contributed by atoms with Crippen molar-refractivity contribution in [1.82, 2.24) is 4.90 Å². The smallest absolute Gasteiger partial charge is 0.131 e. The molecular weight excluding hydrogens is 253 g/mol. The molecule has 0 spiro atoms. The second-order valence-electron chi connectivity index (χ2n) is 5.35. The van der Waals surface area contributed by atoms with Gasteiger partial charge in [0.1, 0.15) is 5.82 Å². The first kappa shape index (κ1) is 5.36. The zero-order valence-corrected chi connectivity index (χ0v) is 11.7. The first-order valence-corrected chi connectivity index (χ1v) is 6.02. The third-order valence-corrected chi connectivity index (χ3v) is 2.53. The van der Waals surface area contributed by atoms with Crippen LogP contribution in [0.5, 0.6) is 0 Å². The lowest BCUT2D eigenvalue weighted by Crippen LogP contribution is -2.45. The van der Waals surface area contributed by atoms with Gasteiger partial charge >= 0.3 is 0 Å². The van der Waals surface area contributed by atoms with Crippen LogP contribution < -0.4 is 0 Å². The highest BCUT2D eigenvalue weighted by Crippen LogP contribution is 2.27. The van der Waals surface area contributed by atoms with Crippen LogP contribution in [0.25, 0.3) is 0 Å². The topological polar surface area (TPSA) is 12.5 Å². The van der Waals surface area contributed by atoms with Gasteiger partial charge in [0.15, 0.2) is 0 Å². The average Bonchev–Trinajstić information content (AvgIpc) is 2.54. The Morgan fingerprint density at radius 3 is 2.90 bits per heavy atom. The minimum atomic E-state index is -3.85. The zero-order chi connectivity index (χ0) is 27.2. The van der Waals surface area contributed by atoms with Crippen molar-refractivity contribution in [1.29, 1.82) is 0 Å². The number of nitrogens with zero attached hydrogens (tertiary/aromatic N) is 1. The van der Waals surface area contributed by atoms with Crippen molar-refractivity contribution < 1.29 is 28.3 Å². The minimum Gasteiger partial charge on any atom is -0.373 e. The van der Waals surface area contributed by atoms with Crippen LogP contribution in [0.4, 0.5) is 4.39 Å². The van der Waals surface area contributed by atoms with E-state index in [2.05, 4.69) is 0 Å². The summed E-state index contributed by atoms with van der Waals surface area (Å²) in [7, 11) is 0. The average molecular weight is 293 g/mol. The monoisotopic (exact) mass is 293 g/mol. The fourth-order valence-corrected chi connectivity index (χ4v) is 1.64. The molecule has 1 aromatic rings. The van der Waals surface area contributed by atoms with Crippen LogP contribution in [-0.2, 0) is 16.6 Å². The van der Waals surface area contributed by atoms with Crippen LogP contribution in [0.15, 0.2) is 18.1 Å². The molecule has 1 saturated heterocycles. The lowest BCUT2D eigenvalue weighted by atomic mass is 9.85. The Bertz CT molecular complexity index is 1000. The Hall–Kier alpha value is -0.930. The maximum Gasteiger partial charge on any atom is 0.131 e. The van der Waals surface area contributed by atoms with E-state index in [9.17, 15) is 0 Å². The Balaban J connectivity index is 3.05. The van der Waals surface area contributed by atoms with E-state index in [0.717, 1.165) is 0 Å². The second-order valence-corrected chi connectivity index (χ2v) is 5.35. The third kappa shape index (κ3) is 3.58. The molecule has 1 heterocycles. The molecular formula is C17H26FNO. The van der Waals surface area contributed by atoms with E-state index in [4.69, 9.17) is 23.9 Å². The van der Waals surface area contributed by atoms with Gasteiger partial charge in [-0.05, 0) is 24.8 Å². The van der Waals surface area contributed by atoms with Gasteiger partial charge in [-0.25, -0.2) is 4.39 Å². The number of benzene rings is 1. The highest BCUT2D eigenvalue weighted by molar-refractivity contribution is 5.31. The van der Waals surface area contributed by atoms with Gasteiger partial charge in [-0.1, -0.05) is 38.9 Å². The first-order chi connectivity index (χ1) is 14.7. The summed E-state index contributed by atoms with van der Waals surface area (Å²) in [6.07, 6.45) is -6.76. The Labute approximate surface area is 141 Å². The fourth-order valence-electron chi connectivity index (χ4n) is 1.64. The summed E-state index contributed by atoms with van der Waals surface area (Å²) in [5.41, 5.74) is -3.01. The zero-order valence-electron chi connectivity index (χ0n) is 25.7. The minimum absolute atomic E-state index is 0.422. The second kappa shape index (κ2) is 5.82. The molecule has 1 aromatic carbocycles. The lowest BCUT2D eigenvalue weighted by molar-refractivity contribution is -0.0707. The highest BCUT2D eigenvalue weighted by Gasteiger charge is 2.25. The van der Waals surface area contributed by atoms with Crippen LogP contribution in [0.2, 0.25) is 0 Å². The molecule has 0 bridgehead atoms. The fraction of sp³-hybridized carbons (Fsp3) is 0.647. The van der Waals surface area contributed by atoms with Gasteiger partial charge in [0.2, 0.25) is 0 Å². The summed E-state index contributed by atoms with van der Waals surface area (Å²) in [5.74, 6) is -1.52. The van der Waals surface area contributed by atoms with Crippen molar-refractivity contribution in [2.45, 2.75) is 58.6 Å². The van der Waals surface area contributed by atoms with Gasteiger partial charge in [0, 0.05) is 37.4 Å². The van der Waals surface area contributed by atoms with Crippen molar-refractivity contribution in [2.75, 3.05) is 13.0 Å². The molecule has 0 aliphatic carbocycles. The van der Waals surface area contributed by atoms with Crippen molar-refractivity contribution in [2.24, 2.45) is 0 Å². The molecule has 20 heavy (non-hydrogen) atoms. The predicted octanol–water partition coefficient (Wildman–Crippen LogP) is 3.73. The van der Waals surface area contributed by atoms with E-state index in [1.54, 1.807) is 0 Å². The predicted molar refractivity (Wildman–Crippen MR) is 80.4 cm³/mol. The van der Waals surface area contributed by atoms with Gasteiger partial charge < -0.3 is 4.74 Å². The van der Waals surface area contributed by atoms with Crippen LogP contribution in [0.1, 0.15) is 64.9 Å². The van der Waals surface area contributed by atoms with E-state index in [0.29, 0.717) is 6.92 Å². The van der Waals surface area contributed by atoms with Crippen LogP contribution in [0, 0.1) is 5.82 Å². The Morgan fingerprint density at radius 1 is 1.55 bits per heavy atom. The molecule has 1 aliphatic rings. The largest absolute Gasteiger partial charge is 0.373 e. The van der Waals surface area contributed by atoms with Crippen LogP contribution in [0.3, 0.4) is 0 Å². The van der Waals surface area contributed by atoms with Gasteiger partial charge in [0.25, 0.3) is 0 Å². The van der Waals surface area contributed by atoms with Crippen molar-refractivity contribution in [3.8, 4) is 0 Å². The Kier molecular flexibility index (Phi) is 1.56.